The van der Waals surface area contributed by atoms with Crippen molar-refractivity contribution in [3.05, 3.63) is 0 Å². The maximum atomic E-state index is 12.4. The number of alkyl halides is 2. The third kappa shape index (κ3) is 7.37. The van der Waals surface area contributed by atoms with Crippen LogP contribution in [0.4, 0.5) is 0 Å². The molecule has 0 spiro atoms. The highest BCUT2D eigenvalue weighted by atomic mass is 35.5. The lowest BCUT2D eigenvalue weighted by Gasteiger charge is -2.33. The fourth-order valence-corrected chi connectivity index (χ4v) is 2.76. The second kappa shape index (κ2) is 8.84. The smallest absolute Gasteiger partial charge is 0.311 e. The number of carbonyl (C=O) groups excluding carboxylic acids is 1. The number of hydrogen-bond donors (Lipinski definition) is 1. The van der Waals surface area contributed by atoms with Crippen molar-refractivity contribution in [2.75, 3.05) is 6.61 Å². The molecule has 0 fully saturated rings. The van der Waals surface area contributed by atoms with Gasteiger partial charge in [-0.15, -0.1) is 23.2 Å². The van der Waals surface area contributed by atoms with Gasteiger partial charge in [0.25, 0.3) is 0 Å². The van der Waals surface area contributed by atoms with E-state index in [2.05, 4.69) is 0 Å². The van der Waals surface area contributed by atoms with Crippen molar-refractivity contribution in [3.8, 4) is 0 Å². The zero-order valence-electron chi connectivity index (χ0n) is 13.2. The zero-order chi connectivity index (χ0) is 16.7. The summed E-state index contributed by atoms with van der Waals surface area (Å²) in [5, 5.41) is 9.08. The van der Waals surface area contributed by atoms with Gasteiger partial charge in [-0.3, -0.25) is 9.59 Å². The van der Waals surface area contributed by atoms with Gasteiger partial charge < -0.3 is 9.84 Å². The molecule has 2 unspecified atom stereocenters. The fraction of sp³-hybridized carbons (Fsp3) is 0.867. The first-order valence-electron chi connectivity index (χ1n) is 7.36. The summed E-state index contributed by atoms with van der Waals surface area (Å²) in [5.74, 6) is -2.05. The van der Waals surface area contributed by atoms with Gasteiger partial charge in [0.1, 0.15) is 4.33 Å². The Labute approximate surface area is 137 Å². The first kappa shape index (κ1) is 20.5. The molecule has 0 heterocycles. The molecular weight excluding hydrogens is 315 g/mol. The van der Waals surface area contributed by atoms with Gasteiger partial charge >= 0.3 is 11.9 Å². The molecule has 0 aliphatic rings. The summed E-state index contributed by atoms with van der Waals surface area (Å²) in [7, 11) is 0. The van der Waals surface area contributed by atoms with Crippen molar-refractivity contribution in [3.63, 3.8) is 0 Å². The van der Waals surface area contributed by atoms with Crippen LogP contribution in [0, 0.1) is 11.3 Å². The van der Waals surface area contributed by atoms with Crippen LogP contribution in [0.15, 0.2) is 0 Å². The summed E-state index contributed by atoms with van der Waals surface area (Å²) in [6, 6.07) is 0. The molecule has 0 aliphatic carbocycles. The number of esters is 1. The van der Waals surface area contributed by atoms with Crippen LogP contribution in [0.1, 0.15) is 59.8 Å². The fourth-order valence-electron chi connectivity index (χ4n) is 2.17. The minimum Gasteiger partial charge on any atom is -0.481 e. The van der Waals surface area contributed by atoms with Gasteiger partial charge in [0.15, 0.2) is 0 Å². The molecule has 0 saturated carbocycles. The molecule has 21 heavy (non-hydrogen) atoms. The lowest BCUT2D eigenvalue weighted by atomic mass is 9.77. The molecule has 0 radical (unpaired) electrons. The Hall–Kier alpha value is -0.480. The first-order valence-corrected chi connectivity index (χ1v) is 8.11. The Morgan fingerprint density at radius 1 is 1.29 bits per heavy atom. The Balaban J connectivity index is 5.05. The molecular formula is C15H26Cl2O4. The second-order valence-electron chi connectivity index (χ2n) is 5.88. The van der Waals surface area contributed by atoms with E-state index < -0.39 is 27.6 Å². The van der Waals surface area contributed by atoms with Gasteiger partial charge in [0.2, 0.25) is 0 Å². The summed E-state index contributed by atoms with van der Waals surface area (Å²) in [6.07, 6.45) is 2.47. The first-order chi connectivity index (χ1) is 9.58. The van der Waals surface area contributed by atoms with E-state index in [1.807, 2.05) is 13.8 Å². The highest BCUT2D eigenvalue weighted by molar-refractivity contribution is 6.48. The molecule has 4 nitrogen and oxygen atoms in total. The predicted molar refractivity (Wildman–Crippen MR) is 84.7 cm³/mol. The monoisotopic (exact) mass is 340 g/mol. The van der Waals surface area contributed by atoms with Crippen molar-refractivity contribution in [1.29, 1.82) is 0 Å². The Morgan fingerprint density at radius 3 is 2.29 bits per heavy atom. The SMILES string of the molecule is CCCCOC(=O)C(C)(CC(C)C(=O)O)CC(Cl)(Cl)CC. The van der Waals surface area contributed by atoms with Gasteiger partial charge in [-0.1, -0.05) is 27.2 Å². The zero-order valence-corrected chi connectivity index (χ0v) is 14.8. The van der Waals surface area contributed by atoms with E-state index in [4.69, 9.17) is 33.0 Å². The Kier molecular flexibility index (Phi) is 8.64. The van der Waals surface area contributed by atoms with Crippen LogP contribution < -0.4 is 0 Å². The summed E-state index contributed by atoms with van der Waals surface area (Å²) in [5.41, 5.74) is -1.01. The summed E-state index contributed by atoms with van der Waals surface area (Å²) in [6.45, 7) is 7.39. The third-order valence-corrected chi connectivity index (χ3v) is 4.37. The number of halogens is 2. The number of ether oxygens (including phenoxy) is 1. The third-order valence-electron chi connectivity index (χ3n) is 3.57. The number of carboxylic acids is 1. The van der Waals surface area contributed by atoms with Crippen molar-refractivity contribution >= 4 is 35.1 Å². The van der Waals surface area contributed by atoms with Gasteiger partial charge in [0, 0.05) is 0 Å². The van der Waals surface area contributed by atoms with Crippen molar-refractivity contribution < 1.29 is 19.4 Å². The topological polar surface area (TPSA) is 63.6 Å². The van der Waals surface area contributed by atoms with Crippen LogP contribution in [0.3, 0.4) is 0 Å². The summed E-state index contributed by atoms with van der Waals surface area (Å²) in [4.78, 5) is 23.4. The van der Waals surface area contributed by atoms with E-state index in [1.165, 1.54) is 0 Å². The molecule has 0 bridgehead atoms. The van der Waals surface area contributed by atoms with Gasteiger partial charge in [0.05, 0.1) is 17.9 Å². The predicted octanol–water partition coefficient (Wildman–Crippen LogP) is 4.42. The van der Waals surface area contributed by atoms with E-state index in [-0.39, 0.29) is 12.8 Å². The van der Waals surface area contributed by atoms with Crippen molar-refractivity contribution in [1.82, 2.24) is 0 Å². The highest BCUT2D eigenvalue weighted by Crippen LogP contribution is 2.42. The molecule has 0 rings (SSSR count). The van der Waals surface area contributed by atoms with Gasteiger partial charge in [-0.05, 0) is 32.6 Å². The van der Waals surface area contributed by atoms with Crippen LogP contribution >= 0.6 is 23.2 Å². The van der Waals surface area contributed by atoms with Crippen LogP contribution in [-0.4, -0.2) is 28.0 Å². The van der Waals surface area contributed by atoms with E-state index in [0.717, 1.165) is 12.8 Å². The summed E-state index contributed by atoms with van der Waals surface area (Å²) < 4.78 is 4.20. The second-order valence-corrected chi connectivity index (χ2v) is 7.52. The number of hydrogen-bond acceptors (Lipinski definition) is 3. The standard InChI is InChI=1S/C15H26Cl2O4/c1-5-7-8-21-13(20)14(4,9-11(3)12(18)19)10-15(16,17)6-2/h11H,5-10H2,1-4H3,(H,18,19). The highest BCUT2D eigenvalue weighted by Gasteiger charge is 2.43. The molecule has 6 heteroatoms. The van der Waals surface area contributed by atoms with E-state index in [9.17, 15) is 9.59 Å². The Bertz CT molecular complexity index is 358. The average molecular weight is 341 g/mol. The van der Waals surface area contributed by atoms with Crippen molar-refractivity contribution in [2.24, 2.45) is 11.3 Å². The Morgan fingerprint density at radius 2 is 1.86 bits per heavy atom. The largest absolute Gasteiger partial charge is 0.481 e. The van der Waals surface area contributed by atoms with E-state index in [0.29, 0.717) is 13.0 Å². The van der Waals surface area contributed by atoms with Gasteiger partial charge in [-0.25, -0.2) is 0 Å². The van der Waals surface area contributed by atoms with Gasteiger partial charge in [-0.2, -0.15) is 0 Å². The quantitative estimate of drug-likeness (QED) is 0.363. The average Bonchev–Trinajstić information content (AvgIpc) is 2.37. The molecule has 0 aromatic heterocycles. The van der Waals surface area contributed by atoms with Crippen LogP contribution in [-0.2, 0) is 14.3 Å². The maximum Gasteiger partial charge on any atom is 0.311 e. The molecule has 2 atom stereocenters. The molecule has 0 aromatic rings. The van der Waals surface area contributed by atoms with Crippen molar-refractivity contribution in [2.45, 2.75) is 64.1 Å². The molecule has 0 amide bonds. The molecule has 0 saturated heterocycles. The van der Waals surface area contributed by atoms with E-state index >= 15 is 0 Å². The van der Waals surface area contributed by atoms with Crippen LogP contribution in [0.25, 0.3) is 0 Å². The molecule has 1 N–H and O–H groups in total. The molecule has 0 aliphatic heterocycles. The normalized spacial score (nSPS) is 16.1. The molecule has 124 valence electrons. The minimum absolute atomic E-state index is 0.147. The maximum absolute atomic E-state index is 12.4. The van der Waals surface area contributed by atoms with E-state index in [1.54, 1.807) is 13.8 Å². The molecule has 0 aromatic carbocycles. The lowest BCUT2D eigenvalue weighted by Crippen LogP contribution is -2.38. The minimum atomic E-state index is -1.07. The van der Waals surface area contributed by atoms with Crippen LogP contribution in [0.2, 0.25) is 0 Å². The number of carboxylic acid groups (broad SMARTS) is 1. The number of rotatable bonds is 10. The number of carbonyl (C=O) groups is 2. The summed E-state index contributed by atoms with van der Waals surface area (Å²) >= 11 is 12.4. The van der Waals surface area contributed by atoms with Crippen LogP contribution in [0.5, 0.6) is 0 Å². The number of aliphatic carboxylic acids is 1. The number of unbranched alkanes of at least 4 members (excludes halogenated alkanes) is 1. The lowest BCUT2D eigenvalue weighted by molar-refractivity contribution is -0.158.